The van der Waals surface area contributed by atoms with Crippen LogP contribution in [0.15, 0.2) is 33.5 Å². The Bertz CT molecular complexity index is 726. The molecule has 6 nitrogen and oxygen atoms in total. The lowest BCUT2D eigenvalue weighted by molar-refractivity contribution is 0.229. The maximum atomic E-state index is 12.7. The molecule has 0 aliphatic carbocycles. The van der Waals surface area contributed by atoms with Gasteiger partial charge in [-0.3, -0.25) is 4.57 Å². The SMILES string of the molecule is CCOP(=O)(OCC)c1cc2cccc(OC)c2oc1=O. The minimum atomic E-state index is -3.68. The van der Waals surface area contributed by atoms with Crippen LogP contribution in [0.5, 0.6) is 5.75 Å². The highest BCUT2D eigenvalue weighted by molar-refractivity contribution is 7.62. The van der Waals surface area contributed by atoms with Gasteiger partial charge in [-0.05, 0) is 26.0 Å². The molecule has 2 aromatic rings. The van der Waals surface area contributed by atoms with Gasteiger partial charge < -0.3 is 18.2 Å². The monoisotopic (exact) mass is 312 g/mol. The van der Waals surface area contributed by atoms with Crippen LogP contribution in [0.4, 0.5) is 0 Å². The number of para-hydroxylation sites is 1. The van der Waals surface area contributed by atoms with E-state index in [1.54, 1.807) is 32.0 Å². The third kappa shape index (κ3) is 3.02. The van der Waals surface area contributed by atoms with Gasteiger partial charge in [0.05, 0.1) is 20.3 Å². The molecule has 0 amide bonds. The van der Waals surface area contributed by atoms with Crippen LogP contribution in [0.2, 0.25) is 0 Å². The maximum absolute atomic E-state index is 12.7. The van der Waals surface area contributed by atoms with Crippen molar-refractivity contribution in [3.05, 3.63) is 34.7 Å². The second kappa shape index (κ2) is 6.43. The van der Waals surface area contributed by atoms with Crippen LogP contribution >= 0.6 is 7.60 Å². The summed E-state index contributed by atoms with van der Waals surface area (Å²) in [7, 11) is -2.20. The number of methoxy groups -OCH3 is 1. The first kappa shape index (κ1) is 15.8. The van der Waals surface area contributed by atoms with Crippen molar-refractivity contribution >= 4 is 23.9 Å². The molecular formula is C14H17O6P. The first-order chi connectivity index (χ1) is 10.1. The summed E-state index contributed by atoms with van der Waals surface area (Å²) in [5.41, 5.74) is -0.453. The minimum Gasteiger partial charge on any atom is -0.493 e. The summed E-state index contributed by atoms with van der Waals surface area (Å²) < 4.78 is 33.4. The fourth-order valence-electron chi connectivity index (χ4n) is 1.97. The van der Waals surface area contributed by atoms with Gasteiger partial charge in [0.1, 0.15) is 0 Å². The molecule has 0 spiro atoms. The molecule has 2 rings (SSSR count). The van der Waals surface area contributed by atoms with E-state index in [2.05, 4.69) is 0 Å². The molecule has 0 aliphatic rings. The summed E-state index contributed by atoms with van der Waals surface area (Å²) in [4.78, 5) is 12.1. The largest absolute Gasteiger partial charge is 0.493 e. The van der Waals surface area contributed by atoms with Gasteiger partial charge in [-0.15, -0.1) is 0 Å². The van der Waals surface area contributed by atoms with E-state index in [1.807, 2.05) is 0 Å². The predicted molar refractivity (Wildman–Crippen MR) is 79.5 cm³/mol. The highest BCUT2D eigenvalue weighted by Crippen LogP contribution is 2.46. The van der Waals surface area contributed by atoms with Crippen molar-refractivity contribution in [3.8, 4) is 5.75 Å². The van der Waals surface area contributed by atoms with Crippen LogP contribution in [0, 0.1) is 0 Å². The Labute approximate surface area is 122 Å². The van der Waals surface area contributed by atoms with Crippen LogP contribution in [0.3, 0.4) is 0 Å². The molecule has 7 heteroatoms. The van der Waals surface area contributed by atoms with E-state index in [-0.39, 0.29) is 18.5 Å². The topological polar surface area (TPSA) is 75.0 Å². The molecule has 0 fully saturated rings. The zero-order valence-electron chi connectivity index (χ0n) is 12.1. The van der Waals surface area contributed by atoms with E-state index >= 15 is 0 Å². The number of hydrogen-bond acceptors (Lipinski definition) is 6. The number of rotatable bonds is 6. The number of fused-ring (bicyclic) bond motifs is 1. The second-order valence-electron chi connectivity index (χ2n) is 4.13. The Kier molecular flexibility index (Phi) is 4.83. The van der Waals surface area contributed by atoms with Crippen molar-refractivity contribution in [1.82, 2.24) is 0 Å². The van der Waals surface area contributed by atoms with E-state index in [9.17, 15) is 9.36 Å². The lowest BCUT2D eigenvalue weighted by Gasteiger charge is -2.16. The molecule has 0 saturated carbocycles. The van der Waals surface area contributed by atoms with Crippen molar-refractivity contribution in [2.24, 2.45) is 0 Å². The lowest BCUT2D eigenvalue weighted by Crippen LogP contribution is -2.26. The molecule has 0 radical (unpaired) electrons. The van der Waals surface area contributed by atoms with Gasteiger partial charge >= 0.3 is 13.2 Å². The first-order valence-corrected chi connectivity index (χ1v) is 8.10. The molecular weight excluding hydrogens is 295 g/mol. The van der Waals surface area contributed by atoms with Crippen molar-refractivity contribution in [1.29, 1.82) is 0 Å². The van der Waals surface area contributed by atoms with Crippen molar-refractivity contribution < 1.29 is 22.8 Å². The van der Waals surface area contributed by atoms with Crippen molar-refractivity contribution in [2.75, 3.05) is 20.3 Å². The van der Waals surface area contributed by atoms with E-state index in [4.69, 9.17) is 18.2 Å². The highest BCUT2D eigenvalue weighted by atomic mass is 31.2. The lowest BCUT2D eigenvalue weighted by atomic mass is 10.2. The van der Waals surface area contributed by atoms with Gasteiger partial charge in [-0.2, -0.15) is 0 Å². The van der Waals surface area contributed by atoms with Crippen molar-refractivity contribution in [2.45, 2.75) is 13.8 Å². The second-order valence-corrected chi connectivity index (χ2v) is 6.12. The number of ether oxygens (including phenoxy) is 1. The van der Waals surface area contributed by atoms with E-state index in [0.29, 0.717) is 16.7 Å². The smallest absolute Gasteiger partial charge is 0.368 e. The summed E-state index contributed by atoms with van der Waals surface area (Å²) in [6.45, 7) is 3.68. The predicted octanol–water partition coefficient (Wildman–Crippen LogP) is 2.69. The number of hydrogen-bond donors (Lipinski definition) is 0. The minimum absolute atomic E-state index is 0.105. The van der Waals surface area contributed by atoms with E-state index in [0.717, 1.165) is 0 Å². The van der Waals surface area contributed by atoms with Gasteiger partial charge in [-0.1, -0.05) is 12.1 Å². The average molecular weight is 312 g/mol. The van der Waals surface area contributed by atoms with Crippen LogP contribution in [-0.2, 0) is 13.6 Å². The zero-order chi connectivity index (χ0) is 15.5. The normalized spacial score (nSPS) is 11.8. The average Bonchev–Trinajstić information content (AvgIpc) is 2.46. The van der Waals surface area contributed by atoms with E-state index < -0.39 is 13.2 Å². The fraction of sp³-hybridized carbons (Fsp3) is 0.357. The molecule has 0 bridgehead atoms. The summed E-state index contributed by atoms with van der Waals surface area (Å²) in [5, 5.41) is 0.482. The summed E-state index contributed by atoms with van der Waals surface area (Å²) >= 11 is 0. The van der Waals surface area contributed by atoms with Gasteiger partial charge in [0, 0.05) is 5.39 Å². The molecule has 114 valence electrons. The Hall–Kier alpha value is -1.62. The molecule has 1 aromatic heterocycles. The van der Waals surface area contributed by atoms with Crippen LogP contribution in [0.1, 0.15) is 13.8 Å². The molecule has 0 N–H and O–H groups in total. The standard InChI is InChI=1S/C14H17O6P/c1-4-18-21(16,19-5-2)12-9-10-7-6-8-11(17-3)13(10)20-14(12)15/h6-9H,4-5H2,1-3H3. The van der Waals surface area contributed by atoms with Crippen LogP contribution in [0.25, 0.3) is 11.0 Å². The summed E-state index contributed by atoms with van der Waals surface area (Å²) in [5.74, 6) is 0.429. The molecule has 0 unspecified atom stereocenters. The summed E-state index contributed by atoms with van der Waals surface area (Å²) in [6.07, 6.45) is 0. The first-order valence-electron chi connectivity index (χ1n) is 6.56. The van der Waals surface area contributed by atoms with Gasteiger partial charge in [0.15, 0.2) is 16.6 Å². The van der Waals surface area contributed by atoms with Gasteiger partial charge in [0.2, 0.25) is 0 Å². The molecule has 0 saturated heterocycles. The molecule has 0 aliphatic heterocycles. The van der Waals surface area contributed by atoms with Crippen molar-refractivity contribution in [3.63, 3.8) is 0 Å². The Balaban J connectivity index is 2.67. The van der Waals surface area contributed by atoms with Gasteiger partial charge in [0.25, 0.3) is 0 Å². The quantitative estimate of drug-likeness (QED) is 0.603. The maximum Gasteiger partial charge on any atom is 0.368 e. The highest BCUT2D eigenvalue weighted by Gasteiger charge is 2.31. The third-order valence-electron chi connectivity index (χ3n) is 2.82. The number of benzene rings is 1. The van der Waals surface area contributed by atoms with Crippen LogP contribution in [-0.4, -0.2) is 20.3 Å². The molecule has 1 aromatic carbocycles. The Morgan fingerprint density at radius 2 is 1.86 bits per heavy atom. The Morgan fingerprint density at radius 3 is 2.43 bits per heavy atom. The fourth-order valence-corrected chi connectivity index (χ4v) is 3.57. The third-order valence-corrected chi connectivity index (χ3v) is 4.92. The molecule has 0 atom stereocenters. The molecule has 1 heterocycles. The summed E-state index contributed by atoms with van der Waals surface area (Å²) in [6, 6.07) is 6.62. The molecule has 21 heavy (non-hydrogen) atoms. The zero-order valence-corrected chi connectivity index (χ0v) is 13.0. The van der Waals surface area contributed by atoms with Crippen LogP contribution < -0.4 is 15.7 Å². The van der Waals surface area contributed by atoms with E-state index in [1.165, 1.54) is 13.2 Å². The Morgan fingerprint density at radius 1 is 1.19 bits per heavy atom. The van der Waals surface area contributed by atoms with Gasteiger partial charge in [-0.25, -0.2) is 4.79 Å².